The average molecular weight is 349 g/mol. The van der Waals surface area contributed by atoms with Gasteiger partial charge in [0.2, 0.25) is 0 Å². The van der Waals surface area contributed by atoms with Crippen LogP contribution < -0.4 is 15.6 Å². The highest BCUT2D eigenvalue weighted by Gasteiger charge is 2.23. The van der Waals surface area contributed by atoms with Gasteiger partial charge in [-0.15, -0.1) is 0 Å². The van der Waals surface area contributed by atoms with E-state index in [4.69, 9.17) is 9.26 Å². The van der Waals surface area contributed by atoms with E-state index < -0.39 is 23.7 Å². The van der Waals surface area contributed by atoms with Gasteiger partial charge in [-0.3, -0.25) is 20.4 Å². The van der Waals surface area contributed by atoms with E-state index in [2.05, 4.69) is 16.0 Å². The zero-order chi connectivity index (χ0) is 18.6. The minimum absolute atomic E-state index is 0.0293. The summed E-state index contributed by atoms with van der Waals surface area (Å²) < 4.78 is 23.4. The smallest absolute Gasteiger partial charge is 0.279 e. The lowest BCUT2D eigenvalue weighted by atomic mass is 10.1. The van der Waals surface area contributed by atoms with Crippen molar-refractivity contribution in [2.45, 2.75) is 39.7 Å². The highest BCUT2D eigenvalue weighted by Crippen LogP contribution is 2.21. The lowest BCUT2D eigenvalue weighted by Gasteiger charge is -2.15. The molecule has 0 fully saturated rings. The third-order valence-electron chi connectivity index (χ3n) is 3.44. The van der Waals surface area contributed by atoms with Crippen molar-refractivity contribution < 1.29 is 23.2 Å². The average Bonchev–Trinajstić information content (AvgIpc) is 2.96. The van der Waals surface area contributed by atoms with Crippen LogP contribution in [0.3, 0.4) is 0 Å². The molecule has 2 N–H and O–H groups in total. The van der Waals surface area contributed by atoms with Crippen LogP contribution >= 0.6 is 0 Å². The predicted molar refractivity (Wildman–Crippen MR) is 87.4 cm³/mol. The topological polar surface area (TPSA) is 93.5 Å². The van der Waals surface area contributed by atoms with Crippen LogP contribution in [0, 0.1) is 12.7 Å². The second kappa shape index (κ2) is 7.78. The first-order valence-electron chi connectivity index (χ1n) is 7.78. The summed E-state index contributed by atoms with van der Waals surface area (Å²) in [7, 11) is 0. The monoisotopic (exact) mass is 349 g/mol. The van der Waals surface area contributed by atoms with Gasteiger partial charge in [0.1, 0.15) is 17.1 Å². The molecule has 134 valence electrons. The van der Waals surface area contributed by atoms with Gasteiger partial charge in [-0.25, -0.2) is 4.39 Å². The molecule has 2 amide bonds. The van der Waals surface area contributed by atoms with Gasteiger partial charge in [-0.1, -0.05) is 19.0 Å². The van der Waals surface area contributed by atoms with Crippen molar-refractivity contribution in [3.63, 3.8) is 0 Å². The van der Waals surface area contributed by atoms with Gasteiger partial charge in [0.25, 0.3) is 11.8 Å². The minimum Gasteiger partial charge on any atom is -0.481 e. The van der Waals surface area contributed by atoms with Crippen molar-refractivity contribution in [3.8, 4) is 5.75 Å². The molecule has 0 aliphatic carbocycles. The Bertz CT molecular complexity index is 756. The lowest BCUT2D eigenvalue weighted by molar-refractivity contribution is -0.128. The van der Waals surface area contributed by atoms with Crippen molar-refractivity contribution >= 4 is 11.8 Å². The number of carbonyl (C=O) groups excluding carboxylic acids is 2. The molecule has 1 atom stereocenters. The number of nitrogens with one attached hydrogen (secondary N) is 2. The summed E-state index contributed by atoms with van der Waals surface area (Å²) in [6, 6.07) is 5.27. The van der Waals surface area contributed by atoms with Crippen molar-refractivity contribution in [2.24, 2.45) is 0 Å². The number of aryl methyl sites for hydroxylation is 1. The molecule has 25 heavy (non-hydrogen) atoms. The van der Waals surface area contributed by atoms with E-state index in [1.165, 1.54) is 31.2 Å². The van der Waals surface area contributed by atoms with E-state index >= 15 is 0 Å². The number of benzene rings is 1. The van der Waals surface area contributed by atoms with Crippen molar-refractivity contribution in [2.75, 3.05) is 0 Å². The summed E-state index contributed by atoms with van der Waals surface area (Å²) in [5, 5.41) is 3.78. The second-order valence-corrected chi connectivity index (χ2v) is 5.82. The molecular formula is C17H20FN3O4. The number of hydrazine groups is 1. The van der Waals surface area contributed by atoms with Crippen LogP contribution in [0.2, 0.25) is 0 Å². The molecular weight excluding hydrogens is 329 g/mol. The summed E-state index contributed by atoms with van der Waals surface area (Å²) in [5.74, 6) is -0.727. The molecule has 0 aliphatic rings. The first-order chi connectivity index (χ1) is 11.8. The highest BCUT2D eigenvalue weighted by atomic mass is 19.1. The number of hydrogen-bond donors (Lipinski definition) is 2. The maximum absolute atomic E-state index is 12.9. The van der Waals surface area contributed by atoms with E-state index in [-0.39, 0.29) is 5.92 Å². The number of aromatic nitrogens is 1. The molecule has 8 heteroatoms. The number of carbonyl (C=O) groups is 2. The fraction of sp³-hybridized carbons (Fsp3) is 0.353. The molecule has 1 aromatic carbocycles. The van der Waals surface area contributed by atoms with Crippen molar-refractivity contribution in [1.82, 2.24) is 16.0 Å². The summed E-state index contributed by atoms with van der Waals surface area (Å²) in [5.41, 5.74) is 5.34. The molecule has 0 radical (unpaired) electrons. The Labute approximate surface area is 144 Å². The molecule has 2 rings (SSSR count). The molecule has 0 bridgehead atoms. The molecule has 0 aliphatic heterocycles. The van der Waals surface area contributed by atoms with Crippen LogP contribution in [0.1, 0.15) is 48.5 Å². The normalized spacial score (nSPS) is 11.9. The van der Waals surface area contributed by atoms with Crippen LogP contribution in [0.15, 0.2) is 28.8 Å². The standard InChI is InChI=1S/C17H20FN3O4/c1-9(2)15-14(10(3)21-25-15)17(23)20-19-16(22)11(4)24-13-7-5-12(18)6-8-13/h5-9,11H,1-4H3,(H,19,22)(H,20,23)/t11-/m0/s1. The fourth-order valence-electron chi connectivity index (χ4n) is 2.11. The summed E-state index contributed by atoms with van der Waals surface area (Å²) in [6.07, 6.45) is -0.890. The van der Waals surface area contributed by atoms with E-state index in [9.17, 15) is 14.0 Å². The Balaban J connectivity index is 1.94. The van der Waals surface area contributed by atoms with Crippen LogP contribution in [-0.2, 0) is 4.79 Å². The predicted octanol–water partition coefficient (Wildman–Crippen LogP) is 2.47. The quantitative estimate of drug-likeness (QED) is 0.809. The third kappa shape index (κ3) is 4.56. The minimum atomic E-state index is -0.890. The van der Waals surface area contributed by atoms with Gasteiger partial charge in [0.15, 0.2) is 11.9 Å². The molecule has 0 saturated carbocycles. The Morgan fingerprint density at radius 2 is 1.80 bits per heavy atom. The molecule has 7 nitrogen and oxygen atoms in total. The molecule has 0 saturated heterocycles. The Morgan fingerprint density at radius 1 is 1.16 bits per heavy atom. The van der Waals surface area contributed by atoms with E-state index in [1.54, 1.807) is 6.92 Å². The number of hydrogen-bond acceptors (Lipinski definition) is 5. The first-order valence-corrected chi connectivity index (χ1v) is 7.78. The second-order valence-electron chi connectivity index (χ2n) is 5.82. The van der Waals surface area contributed by atoms with Crippen molar-refractivity contribution in [3.05, 3.63) is 47.1 Å². The molecule has 0 spiro atoms. The molecule has 2 aromatic rings. The highest BCUT2D eigenvalue weighted by molar-refractivity contribution is 5.97. The molecule has 0 unspecified atom stereocenters. The number of ether oxygens (including phenoxy) is 1. The first kappa shape index (κ1) is 18.4. The Morgan fingerprint density at radius 3 is 2.40 bits per heavy atom. The third-order valence-corrected chi connectivity index (χ3v) is 3.44. The zero-order valence-electron chi connectivity index (χ0n) is 14.4. The SMILES string of the molecule is Cc1noc(C(C)C)c1C(=O)NNC(=O)[C@H](C)Oc1ccc(F)cc1. The van der Waals surface area contributed by atoms with E-state index in [1.807, 2.05) is 13.8 Å². The van der Waals surface area contributed by atoms with Gasteiger partial charge in [-0.2, -0.15) is 0 Å². The van der Waals surface area contributed by atoms with Gasteiger partial charge in [-0.05, 0) is 38.1 Å². The van der Waals surface area contributed by atoms with Crippen LogP contribution in [0.25, 0.3) is 0 Å². The number of halogens is 1. The Kier molecular flexibility index (Phi) is 5.74. The van der Waals surface area contributed by atoms with Crippen LogP contribution in [0.5, 0.6) is 5.75 Å². The van der Waals surface area contributed by atoms with Gasteiger partial charge < -0.3 is 9.26 Å². The zero-order valence-corrected chi connectivity index (χ0v) is 14.4. The molecule has 1 heterocycles. The van der Waals surface area contributed by atoms with E-state index in [0.717, 1.165) is 0 Å². The summed E-state index contributed by atoms with van der Waals surface area (Å²) >= 11 is 0. The summed E-state index contributed by atoms with van der Waals surface area (Å²) in [4.78, 5) is 24.3. The van der Waals surface area contributed by atoms with Gasteiger partial charge in [0.05, 0.1) is 5.69 Å². The van der Waals surface area contributed by atoms with E-state index in [0.29, 0.717) is 22.8 Å². The lowest BCUT2D eigenvalue weighted by Crippen LogP contribution is -2.47. The molecule has 1 aromatic heterocycles. The summed E-state index contributed by atoms with van der Waals surface area (Å²) in [6.45, 7) is 6.89. The van der Waals surface area contributed by atoms with Gasteiger partial charge in [0, 0.05) is 5.92 Å². The maximum Gasteiger partial charge on any atom is 0.279 e. The van der Waals surface area contributed by atoms with Crippen LogP contribution in [-0.4, -0.2) is 23.1 Å². The number of nitrogens with zero attached hydrogens (tertiary/aromatic N) is 1. The number of amides is 2. The maximum atomic E-state index is 12.9. The largest absolute Gasteiger partial charge is 0.481 e. The van der Waals surface area contributed by atoms with Crippen molar-refractivity contribution in [1.29, 1.82) is 0 Å². The number of rotatable bonds is 5. The Hall–Kier alpha value is -2.90. The van der Waals surface area contributed by atoms with Crippen LogP contribution in [0.4, 0.5) is 4.39 Å². The van der Waals surface area contributed by atoms with Gasteiger partial charge >= 0.3 is 0 Å². The fourth-order valence-corrected chi connectivity index (χ4v) is 2.11.